The Hall–Kier alpha value is -0.790. The third-order valence-electron chi connectivity index (χ3n) is 2.49. The van der Waals surface area contributed by atoms with Crippen LogP contribution < -0.4 is 0 Å². The summed E-state index contributed by atoms with van der Waals surface area (Å²) in [6.45, 7) is 0.205. The van der Waals surface area contributed by atoms with E-state index in [9.17, 15) is 0 Å². The van der Waals surface area contributed by atoms with Gasteiger partial charge in [-0.2, -0.15) is 0 Å². The normalized spacial score (nSPS) is 11.1. The summed E-state index contributed by atoms with van der Waals surface area (Å²) >= 11 is 5.61. The molecule has 1 nitrogen and oxygen atoms in total. The zero-order valence-electron chi connectivity index (χ0n) is 9.53. The maximum atomic E-state index is 8.95. The number of aliphatic hydroxyl groups excluding tert-OH is 1. The summed E-state index contributed by atoms with van der Waals surface area (Å²) in [6.07, 6.45) is 8.33. The molecule has 0 aliphatic carbocycles. The van der Waals surface area contributed by atoms with Gasteiger partial charge < -0.3 is 5.11 Å². The van der Waals surface area contributed by atoms with Gasteiger partial charge in [0.05, 0.1) is 0 Å². The molecule has 1 N–H and O–H groups in total. The monoisotopic (exact) mass is 238 g/mol. The van der Waals surface area contributed by atoms with E-state index in [1.54, 1.807) is 0 Å². The summed E-state index contributed by atoms with van der Waals surface area (Å²) in [5, 5.41) is 8.95. The zero-order chi connectivity index (χ0) is 11.6. The molecule has 0 atom stereocenters. The highest BCUT2D eigenvalue weighted by Gasteiger charge is 1.96. The first-order valence-electron chi connectivity index (χ1n) is 5.79. The third kappa shape index (κ3) is 4.82. The van der Waals surface area contributed by atoms with E-state index in [1.165, 1.54) is 11.1 Å². The fourth-order valence-electron chi connectivity index (χ4n) is 1.61. The van der Waals surface area contributed by atoms with Crippen molar-refractivity contribution in [3.63, 3.8) is 0 Å². The molecule has 0 saturated carbocycles. The Labute approximate surface area is 103 Å². The maximum Gasteiger partial charge on any atom is 0.0471 e. The smallest absolute Gasteiger partial charge is 0.0471 e. The fourth-order valence-corrected chi connectivity index (χ4v) is 1.80. The largest absolute Gasteiger partial charge is 0.396 e. The van der Waals surface area contributed by atoms with E-state index in [4.69, 9.17) is 16.7 Å². The summed E-state index contributed by atoms with van der Waals surface area (Å²) in [4.78, 5) is 0. The number of aliphatic hydroxyl groups is 1. The van der Waals surface area contributed by atoms with E-state index >= 15 is 0 Å². The number of hydrogen-bond acceptors (Lipinski definition) is 1. The third-order valence-corrected chi connectivity index (χ3v) is 2.76. The minimum atomic E-state index is 0.205. The van der Waals surface area contributed by atoms with E-state index in [-0.39, 0.29) is 6.61 Å². The molecule has 2 heteroatoms. The first-order chi connectivity index (χ1) is 7.88. The second-order valence-corrected chi connectivity index (χ2v) is 4.14. The number of unbranched alkanes of at least 4 members (excludes halogenated alkanes) is 2. The van der Waals surface area contributed by atoms with Gasteiger partial charge in [0.1, 0.15) is 0 Å². The van der Waals surface area contributed by atoms with Gasteiger partial charge >= 0.3 is 0 Å². The zero-order valence-corrected chi connectivity index (χ0v) is 10.3. The molecule has 0 bridgehead atoms. The summed E-state index contributed by atoms with van der Waals surface area (Å²) in [6, 6.07) is 8.19. The van der Waals surface area contributed by atoms with Crippen LogP contribution in [-0.4, -0.2) is 17.6 Å². The van der Waals surface area contributed by atoms with Crippen molar-refractivity contribution >= 4 is 17.7 Å². The van der Waals surface area contributed by atoms with Crippen LogP contribution in [0.1, 0.15) is 30.4 Å². The van der Waals surface area contributed by atoms with Gasteiger partial charge in [-0.25, -0.2) is 0 Å². The molecule has 0 unspecified atom stereocenters. The predicted molar refractivity (Wildman–Crippen MR) is 70.8 cm³/mol. The Morgan fingerprint density at radius 3 is 2.75 bits per heavy atom. The lowest BCUT2D eigenvalue weighted by molar-refractivity contribution is 0.299. The number of benzene rings is 1. The second kappa shape index (κ2) is 8.37. The molecule has 0 aliphatic rings. The molecule has 0 amide bonds. The van der Waals surface area contributed by atoms with Gasteiger partial charge in [-0.3, -0.25) is 0 Å². The van der Waals surface area contributed by atoms with Crippen molar-refractivity contribution < 1.29 is 5.11 Å². The first-order valence-corrected chi connectivity index (χ1v) is 6.33. The summed E-state index contributed by atoms with van der Waals surface area (Å²) in [7, 11) is 0. The predicted octanol–water partition coefficient (Wildman–Crippen LogP) is 3.64. The minimum absolute atomic E-state index is 0.205. The molecule has 0 fully saturated rings. The van der Waals surface area contributed by atoms with Crippen molar-refractivity contribution in [2.75, 3.05) is 12.5 Å². The van der Waals surface area contributed by atoms with E-state index in [0.29, 0.717) is 0 Å². The van der Waals surface area contributed by atoms with Gasteiger partial charge in [0.15, 0.2) is 0 Å². The molecule has 0 spiro atoms. The molecule has 0 aliphatic heterocycles. The quantitative estimate of drug-likeness (QED) is 0.568. The summed E-state index contributed by atoms with van der Waals surface area (Å²) in [5.41, 5.74) is 2.42. The summed E-state index contributed by atoms with van der Waals surface area (Å²) in [5.74, 6) is 0.745. The average molecular weight is 239 g/mol. The molecule has 1 aromatic carbocycles. The van der Waals surface area contributed by atoms with Gasteiger partial charge in [-0.1, -0.05) is 36.4 Å². The Morgan fingerprint density at radius 2 is 2.00 bits per heavy atom. The lowest BCUT2D eigenvalue weighted by atomic mass is 10.0. The molecule has 0 heterocycles. The van der Waals surface area contributed by atoms with Crippen LogP contribution in [0, 0.1) is 0 Å². The molecule has 0 radical (unpaired) electrons. The second-order valence-electron chi connectivity index (χ2n) is 3.76. The van der Waals surface area contributed by atoms with E-state index in [1.807, 2.05) is 12.1 Å². The van der Waals surface area contributed by atoms with Crippen LogP contribution in [0.15, 0.2) is 30.3 Å². The van der Waals surface area contributed by atoms with Crippen molar-refractivity contribution in [3.05, 3.63) is 41.5 Å². The van der Waals surface area contributed by atoms with E-state index in [2.05, 4.69) is 24.3 Å². The maximum absolute atomic E-state index is 8.95. The topological polar surface area (TPSA) is 20.2 Å². The highest BCUT2D eigenvalue weighted by atomic mass is 35.5. The molecule has 16 heavy (non-hydrogen) atoms. The van der Waals surface area contributed by atoms with Crippen molar-refractivity contribution in [3.8, 4) is 0 Å². The van der Waals surface area contributed by atoms with E-state index < -0.39 is 0 Å². The molecule has 88 valence electrons. The number of halogens is 1. The van der Waals surface area contributed by atoms with Crippen molar-refractivity contribution in [1.82, 2.24) is 0 Å². The number of hydrogen-bond donors (Lipinski definition) is 1. The van der Waals surface area contributed by atoms with Crippen LogP contribution >= 0.6 is 11.6 Å². The van der Waals surface area contributed by atoms with Crippen molar-refractivity contribution in [2.24, 2.45) is 0 Å². The van der Waals surface area contributed by atoms with Crippen LogP contribution in [0.25, 0.3) is 6.08 Å². The highest BCUT2D eigenvalue weighted by molar-refractivity contribution is 6.17. The molecular weight excluding hydrogens is 220 g/mol. The highest BCUT2D eigenvalue weighted by Crippen LogP contribution is 2.12. The van der Waals surface area contributed by atoms with Crippen LogP contribution in [-0.2, 0) is 6.42 Å². The number of rotatable bonds is 7. The minimum Gasteiger partial charge on any atom is -0.396 e. The van der Waals surface area contributed by atoms with Crippen LogP contribution in [0.2, 0.25) is 0 Å². The molecular formula is C14H19ClO. The molecule has 0 saturated heterocycles. The van der Waals surface area contributed by atoms with Crippen LogP contribution in [0.3, 0.4) is 0 Å². The van der Waals surface area contributed by atoms with Crippen LogP contribution in [0.5, 0.6) is 0 Å². The lowest BCUT2D eigenvalue weighted by Crippen LogP contribution is -1.93. The summed E-state index contributed by atoms with van der Waals surface area (Å²) < 4.78 is 0. The van der Waals surface area contributed by atoms with Gasteiger partial charge in [-0.05, 0) is 36.8 Å². The van der Waals surface area contributed by atoms with Gasteiger partial charge in [-0.15, -0.1) is 11.6 Å². The Kier molecular flexibility index (Phi) is 6.95. The SMILES string of the molecule is OCCc1ccccc1/C=C/CCCCCl. The van der Waals surface area contributed by atoms with Crippen molar-refractivity contribution in [1.29, 1.82) is 0 Å². The van der Waals surface area contributed by atoms with Gasteiger partial charge in [0.2, 0.25) is 0 Å². The molecule has 1 rings (SSSR count). The fraction of sp³-hybridized carbons (Fsp3) is 0.429. The Morgan fingerprint density at radius 1 is 1.19 bits per heavy atom. The Balaban J connectivity index is 2.51. The number of alkyl halides is 1. The average Bonchev–Trinajstić information content (AvgIpc) is 2.31. The van der Waals surface area contributed by atoms with E-state index in [0.717, 1.165) is 31.6 Å². The first kappa shape index (κ1) is 13.3. The number of allylic oxidation sites excluding steroid dienone is 1. The Bertz CT molecular complexity index is 320. The van der Waals surface area contributed by atoms with Gasteiger partial charge in [0, 0.05) is 12.5 Å². The van der Waals surface area contributed by atoms with Crippen LogP contribution in [0.4, 0.5) is 0 Å². The lowest BCUT2D eigenvalue weighted by Gasteiger charge is -2.03. The van der Waals surface area contributed by atoms with Crippen molar-refractivity contribution in [2.45, 2.75) is 25.7 Å². The van der Waals surface area contributed by atoms with Gasteiger partial charge in [0.25, 0.3) is 0 Å². The molecule has 0 aromatic heterocycles. The standard InChI is InChI=1S/C14H19ClO/c15-11-6-2-1-3-7-13-8-4-5-9-14(13)10-12-16/h3-5,7-9,16H,1-2,6,10-12H2/b7-3+. The molecule has 1 aromatic rings.